The van der Waals surface area contributed by atoms with Crippen molar-refractivity contribution in [3.63, 3.8) is 0 Å². The maximum absolute atomic E-state index is 6.37. The van der Waals surface area contributed by atoms with Crippen LogP contribution >= 0.6 is 27.5 Å². The zero-order valence-electron chi connectivity index (χ0n) is 13.1. The van der Waals surface area contributed by atoms with Crippen molar-refractivity contribution in [2.45, 2.75) is 19.4 Å². The summed E-state index contributed by atoms with van der Waals surface area (Å²) in [6.07, 6.45) is 7.61. The molecule has 4 rings (SSSR count). The third kappa shape index (κ3) is 3.13. The molecule has 0 bridgehead atoms. The Kier molecular flexibility index (Phi) is 4.41. The number of halogens is 2. The minimum Gasteiger partial charge on any atom is -0.371 e. The molecule has 24 heavy (non-hydrogen) atoms. The lowest BCUT2D eigenvalue weighted by molar-refractivity contribution is 0.352. The third-order valence-corrected chi connectivity index (χ3v) is 5.26. The maximum Gasteiger partial charge on any atom is 0.137 e. The van der Waals surface area contributed by atoms with Crippen LogP contribution in [0.1, 0.15) is 12.8 Å². The van der Waals surface area contributed by atoms with Crippen LogP contribution < -0.4 is 4.90 Å². The highest BCUT2D eigenvalue weighted by molar-refractivity contribution is 9.10. The molecule has 2 aromatic heterocycles. The van der Waals surface area contributed by atoms with Crippen molar-refractivity contribution in [3.05, 3.63) is 46.5 Å². The van der Waals surface area contributed by atoms with Gasteiger partial charge in [-0.3, -0.25) is 9.67 Å². The van der Waals surface area contributed by atoms with Crippen LogP contribution in [0.2, 0.25) is 5.02 Å². The van der Waals surface area contributed by atoms with Gasteiger partial charge in [0.25, 0.3) is 0 Å². The summed E-state index contributed by atoms with van der Waals surface area (Å²) in [5, 5.41) is 6.01. The number of rotatable bonds is 3. The number of piperidine rings is 1. The van der Waals surface area contributed by atoms with Gasteiger partial charge in [0, 0.05) is 41.4 Å². The molecule has 1 aromatic carbocycles. The van der Waals surface area contributed by atoms with E-state index in [1.54, 1.807) is 12.7 Å². The van der Waals surface area contributed by atoms with Crippen molar-refractivity contribution >= 4 is 44.1 Å². The fourth-order valence-electron chi connectivity index (χ4n) is 3.46. The lowest BCUT2D eigenvalue weighted by atomic mass is 9.97. The Morgan fingerprint density at radius 2 is 2.25 bits per heavy atom. The van der Waals surface area contributed by atoms with Crippen molar-refractivity contribution in [3.8, 4) is 0 Å². The van der Waals surface area contributed by atoms with Crippen molar-refractivity contribution in [2.75, 3.05) is 18.0 Å². The van der Waals surface area contributed by atoms with Gasteiger partial charge >= 0.3 is 0 Å². The van der Waals surface area contributed by atoms with Crippen LogP contribution in [-0.2, 0) is 6.54 Å². The van der Waals surface area contributed by atoms with E-state index < -0.39 is 0 Å². The molecule has 1 atom stereocenters. The number of aromatic nitrogens is 4. The van der Waals surface area contributed by atoms with E-state index in [-0.39, 0.29) is 0 Å². The van der Waals surface area contributed by atoms with Gasteiger partial charge in [-0.05, 0) is 37.0 Å². The van der Waals surface area contributed by atoms with Crippen LogP contribution in [-0.4, -0.2) is 32.8 Å². The Bertz CT molecular complexity index is 852. The molecule has 1 unspecified atom stereocenters. The van der Waals surface area contributed by atoms with E-state index in [1.165, 1.54) is 18.5 Å². The molecule has 0 aliphatic carbocycles. The Balaban J connectivity index is 1.64. The second kappa shape index (κ2) is 6.69. The second-order valence-corrected chi connectivity index (χ2v) is 7.51. The summed E-state index contributed by atoms with van der Waals surface area (Å²) >= 11 is 9.91. The molecule has 1 saturated heterocycles. The van der Waals surface area contributed by atoms with Crippen molar-refractivity contribution in [1.29, 1.82) is 0 Å². The van der Waals surface area contributed by atoms with Crippen LogP contribution in [0.25, 0.3) is 10.9 Å². The summed E-state index contributed by atoms with van der Waals surface area (Å²) in [6, 6.07) is 6.08. The zero-order chi connectivity index (χ0) is 16.5. The molecular formula is C17H17BrClN5. The summed E-state index contributed by atoms with van der Waals surface area (Å²) in [4.78, 5) is 10.9. The fourth-order valence-corrected chi connectivity index (χ4v) is 4.32. The summed E-state index contributed by atoms with van der Waals surface area (Å²) in [7, 11) is 0. The number of hydrogen-bond donors (Lipinski definition) is 0. The fraction of sp³-hybridized carbons (Fsp3) is 0.353. The molecule has 5 nitrogen and oxygen atoms in total. The predicted molar refractivity (Wildman–Crippen MR) is 99.4 cm³/mol. The number of pyridine rings is 1. The Labute approximate surface area is 153 Å². The minimum atomic E-state index is 0.561. The van der Waals surface area contributed by atoms with Gasteiger partial charge < -0.3 is 4.90 Å². The first-order valence-corrected chi connectivity index (χ1v) is 9.19. The van der Waals surface area contributed by atoms with Crippen molar-refractivity contribution in [1.82, 2.24) is 19.7 Å². The Morgan fingerprint density at radius 1 is 1.33 bits per heavy atom. The maximum atomic E-state index is 6.37. The van der Waals surface area contributed by atoms with E-state index in [0.29, 0.717) is 10.9 Å². The number of hydrogen-bond acceptors (Lipinski definition) is 4. The highest BCUT2D eigenvalue weighted by atomic mass is 79.9. The average Bonchev–Trinajstić information content (AvgIpc) is 3.07. The molecule has 0 amide bonds. The lowest BCUT2D eigenvalue weighted by Gasteiger charge is -2.35. The summed E-state index contributed by atoms with van der Waals surface area (Å²) in [5.74, 6) is 0.561. The highest BCUT2D eigenvalue weighted by Gasteiger charge is 2.22. The molecule has 0 N–H and O–H groups in total. The number of nitrogens with zero attached hydrogens (tertiary/aromatic N) is 5. The van der Waals surface area contributed by atoms with Crippen molar-refractivity contribution < 1.29 is 0 Å². The van der Waals surface area contributed by atoms with Crippen LogP contribution in [0.3, 0.4) is 0 Å². The van der Waals surface area contributed by atoms with E-state index >= 15 is 0 Å². The molecular weight excluding hydrogens is 390 g/mol. The highest BCUT2D eigenvalue weighted by Crippen LogP contribution is 2.34. The molecule has 124 valence electrons. The van der Waals surface area contributed by atoms with Gasteiger partial charge in [-0.15, -0.1) is 0 Å². The first-order chi connectivity index (χ1) is 11.7. The molecule has 0 radical (unpaired) electrons. The van der Waals surface area contributed by atoms with Gasteiger partial charge in [-0.25, -0.2) is 4.98 Å². The molecule has 0 saturated carbocycles. The van der Waals surface area contributed by atoms with E-state index in [1.807, 2.05) is 16.9 Å². The second-order valence-electron chi connectivity index (χ2n) is 6.19. The SMILES string of the molecule is Clc1cc(Br)cc2c(N3CCCC(Cn4cncn4)C3)ccnc12. The zero-order valence-corrected chi connectivity index (χ0v) is 15.4. The summed E-state index contributed by atoms with van der Waals surface area (Å²) < 4.78 is 2.90. The van der Waals surface area contributed by atoms with Gasteiger partial charge in [0.1, 0.15) is 12.7 Å². The van der Waals surface area contributed by atoms with Crippen LogP contribution in [0.5, 0.6) is 0 Å². The number of fused-ring (bicyclic) bond motifs is 1. The molecule has 1 aliphatic heterocycles. The van der Waals surface area contributed by atoms with Gasteiger partial charge in [-0.2, -0.15) is 5.10 Å². The van der Waals surface area contributed by atoms with Gasteiger partial charge in [0.05, 0.1) is 10.5 Å². The van der Waals surface area contributed by atoms with Crippen LogP contribution in [0, 0.1) is 5.92 Å². The van der Waals surface area contributed by atoms with E-state index in [2.05, 4.69) is 48.0 Å². The molecule has 1 aliphatic rings. The molecule has 3 heterocycles. The lowest BCUT2D eigenvalue weighted by Crippen LogP contribution is -2.37. The largest absolute Gasteiger partial charge is 0.371 e. The first kappa shape index (κ1) is 15.8. The Morgan fingerprint density at radius 3 is 3.08 bits per heavy atom. The smallest absolute Gasteiger partial charge is 0.137 e. The van der Waals surface area contributed by atoms with Gasteiger partial charge in [0.2, 0.25) is 0 Å². The van der Waals surface area contributed by atoms with E-state index in [9.17, 15) is 0 Å². The molecule has 1 fully saturated rings. The third-order valence-electron chi connectivity index (χ3n) is 4.51. The normalized spacial score (nSPS) is 18.2. The Hall–Kier alpha value is -1.66. The van der Waals surface area contributed by atoms with E-state index in [4.69, 9.17) is 11.6 Å². The summed E-state index contributed by atoms with van der Waals surface area (Å²) in [5.41, 5.74) is 2.06. The minimum absolute atomic E-state index is 0.561. The number of anilines is 1. The van der Waals surface area contributed by atoms with Crippen molar-refractivity contribution in [2.24, 2.45) is 5.92 Å². The van der Waals surface area contributed by atoms with Gasteiger partial charge in [-0.1, -0.05) is 27.5 Å². The standard InChI is InChI=1S/C17H17BrClN5/c18-13-6-14-16(3-4-21-17(14)15(19)7-13)23-5-1-2-12(8-23)9-24-11-20-10-22-24/h3-4,6-7,10-12H,1-2,5,8-9H2. The number of benzene rings is 1. The summed E-state index contributed by atoms with van der Waals surface area (Å²) in [6.45, 7) is 2.96. The molecule has 0 spiro atoms. The van der Waals surface area contributed by atoms with Gasteiger partial charge in [0.15, 0.2) is 0 Å². The quantitative estimate of drug-likeness (QED) is 0.655. The topological polar surface area (TPSA) is 46.8 Å². The average molecular weight is 407 g/mol. The van der Waals surface area contributed by atoms with Crippen LogP contribution in [0.4, 0.5) is 5.69 Å². The molecule has 3 aromatic rings. The van der Waals surface area contributed by atoms with E-state index in [0.717, 1.165) is 35.0 Å². The first-order valence-electron chi connectivity index (χ1n) is 8.02. The van der Waals surface area contributed by atoms with Crippen LogP contribution in [0.15, 0.2) is 41.5 Å². The molecule has 7 heteroatoms. The predicted octanol–water partition coefficient (Wildman–Crippen LogP) is 4.16. The monoisotopic (exact) mass is 405 g/mol.